The van der Waals surface area contributed by atoms with Crippen molar-refractivity contribution in [1.82, 2.24) is 29.3 Å². The van der Waals surface area contributed by atoms with Crippen LogP contribution < -0.4 is 11.1 Å². The summed E-state index contributed by atoms with van der Waals surface area (Å²) in [4.78, 5) is 37.7. The van der Waals surface area contributed by atoms with E-state index in [9.17, 15) is 9.59 Å². The summed E-state index contributed by atoms with van der Waals surface area (Å²) in [5.74, 6) is 0.707. The number of nitrogens with zero attached hydrogens (tertiary/aromatic N) is 5. The van der Waals surface area contributed by atoms with Crippen molar-refractivity contribution >= 4 is 22.5 Å². The van der Waals surface area contributed by atoms with Crippen LogP contribution >= 0.6 is 11.8 Å². The second-order valence-electron chi connectivity index (χ2n) is 5.85. The van der Waals surface area contributed by atoms with Crippen molar-refractivity contribution in [2.24, 2.45) is 0 Å². The number of nitrogens with one attached hydrogen (secondary N) is 1. The number of thioether (sulfide) groups is 1. The summed E-state index contributed by atoms with van der Waals surface area (Å²) in [6, 6.07) is 6.80. The molecule has 9 heteroatoms. The Balaban J connectivity index is 1.63. The average molecular weight is 380 g/mol. The molecule has 0 aliphatic heterocycles. The first kappa shape index (κ1) is 17.2. The van der Waals surface area contributed by atoms with Gasteiger partial charge in [0.1, 0.15) is 5.82 Å². The fraction of sp³-hybridized carbons (Fsp3) is 0.167. The highest BCUT2D eigenvalue weighted by Crippen LogP contribution is 2.17. The van der Waals surface area contributed by atoms with E-state index in [1.807, 2.05) is 17.0 Å². The molecule has 0 saturated carbocycles. The Morgan fingerprint density at radius 3 is 2.52 bits per heavy atom. The van der Waals surface area contributed by atoms with Crippen LogP contribution in [0.4, 0.5) is 0 Å². The molecule has 0 unspecified atom stereocenters. The van der Waals surface area contributed by atoms with Crippen molar-refractivity contribution in [3.05, 3.63) is 69.8 Å². The van der Waals surface area contributed by atoms with E-state index in [2.05, 4.69) is 20.1 Å². The van der Waals surface area contributed by atoms with E-state index in [-0.39, 0.29) is 11.1 Å². The van der Waals surface area contributed by atoms with E-state index in [1.165, 1.54) is 16.4 Å². The summed E-state index contributed by atoms with van der Waals surface area (Å²) in [6.07, 6.45) is 8.87. The second kappa shape index (κ2) is 7.20. The Bertz CT molecular complexity index is 1210. The molecule has 3 heterocycles. The Morgan fingerprint density at radius 1 is 1.04 bits per heavy atom. The van der Waals surface area contributed by atoms with Crippen LogP contribution in [0.2, 0.25) is 0 Å². The predicted octanol–water partition coefficient (Wildman–Crippen LogP) is 1.77. The molecule has 0 aliphatic carbocycles. The first-order valence-corrected chi connectivity index (χ1v) is 9.49. The molecule has 0 amide bonds. The summed E-state index contributed by atoms with van der Waals surface area (Å²) in [5.41, 5.74) is 0.286. The smallest absolute Gasteiger partial charge is 0.273 e. The molecule has 0 saturated heterocycles. The Kier molecular flexibility index (Phi) is 4.59. The molecule has 8 nitrogen and oxygen atoms in total. The Labute approximate surface area is 157 Å². The number of aryl methyl sites for hydroxylation is 2. The van der Waals surface area contributed by atoms with Gasteiger partial charge in [-0.25, -0.2) is 19.6 Å². The van der Waals surface area contributed by atoms with Crippen LogP contribution in [-0.4, -0.2) is 35.6 Å². The van der Waals surface area contributed by atoms with E-state index in [4.69, 9.17) is 0 Å². The minimum atomic E-state index is -0.280. The highest BCUT2D eigenvalue weighted by atomic mass is 32.2. The van der Waals surface area contributed by atoms with Gasteiger partial charge in [-0.3, -0.25) is 14.7 Å². The fourth-order valence-electron chi connectivity index (χ4n) is 2.90. The molecule has 1 N–H and O–H groups in total. The monoisotopic (exact) mass is 380 g/mol. The number of hydrogen-bond acceptors (Lipinski definition) is 6. The van der Waals surface area contributed by atoms with Gasteiger partial charge in [-0.2, -0.15) is 0 Å². The van der Waals surface area contributed by atoms with Gasteiger partial charge >= 0.3 is 0 Å². The molecule has 0 aliphatic rings. The molecule has 0 fully saturated rings. The number of imidazole rings is 1. The zero-order valence-corrected chi connectivity index (χ0v) is 15.3. The minimum Gasteiger partial charge on any atom is -0.329 e. The van der Waals surface area contributed by atoms with Gasteiger partial charge in [0.15, 0.2) is 5.16 Å². The zero-order valence-electron chi connectivity index (χ0n) is 14.5. The highest BCUT2D eigenvalue weighted by molar-refractivity contribution is 7.98. The number of aromatic nitrogens is 6. The van der Waals surface area contributed by atoms with E-state index in [0.29, 0.717) is 34.8 Å². The lowest BCUT2D eigenvalue weighted by molar-refractivity contribution is 0.512. The van der Waals surface area contributed by atoms with Crippen molar-refractivity contribution in [2.75, 3.05) is 6.26 Å². The summed E-state index contributed by atoms with van der Waals surface area (Å²) in [7, 11) is 0. The molecule has 0 radical (unpaired) electrons. The molecule has 4 aromatic rings. The average Bonchev–Trinajstić information content (AvgIpc) is 3.18. The number of hydrogen-bond donors (Lipinski definition) is 1. The first-order chi connectivity index (χ1) is 13.2. The van der Waals surface area contributed by atoms with Gasteiger partial charge in [0, 0.05) is 31.3 Å². The summed E-state index contributed by atoms with van der Waals surface area (Å²) in [6.45, 7) is 0.778. The van der Waals surface area contributed by atoms with Crippen molar-refractivity contribution in [3.63, 3.8) is 0 Å². The molecule has 27 heavy (non-hydrogen) atoms. The second-order valence-corrected chi connectivity index (χ2v) is 6.62. The van der Waals surface area contributed by atoms with E-state index in [1.54, 1.807) is 42.9 Å². The van der Waals surface area contributed by atoms with Crippen LogP contribution in [-0.2, 0) is 13.1 Å². The molecule has 0 spiro atoms. The van der Waals surface area contributed by atoms with Gasteiger partial charge in [0.2, 0.25) is 0 Å². The third-order valence-corrected chi connectivity index (χ3v) is 4.81. The standard InChI is InChI=1S/C18H16N6O2S/c1-27-18-20-10-12(11-21-18)15-19-6-7-23(15)8-9-24-17(26)14-5-3-2-4-13(14)16(25)22-24/h2-7,10-11H,8-9H2,1H3,(H,22,25). The third-order valence-electron chi connectivity index (χ3n) is 4.23. The number of fused-ring (bicyclic) bond motifs is 1. The number of rotatable bonds is 5. The summed E-state index contributed by atoms with van der Waals surface area (Å²) in [5, 5.41) is 4.14. The summed E-state index contributed by atoms with van der Waals surface area (Å²) >= 11 is 1.47. The zero-order chi connectivity index (χ0) is 18.8. The van der Waals surface area contributed by atoms with Gasteiger partial charge in [-0.1, -0.05) is 23.9 Å². The Morgan fingerprint density at radius 2 is 1.78 bits per heavy atom. The van der Waals surface area contributed by atoms with Crippen LogP contribution in [0.5, 0.6) is 0 Å². The van der Waals surface area contributed by atoms with Crippen LogP contribution in [0.3, 0.4) is 0 Å². The molecule has 0 atom stereocenters. The summed E-state index contributed by atoms with van der Waals surface area (Å²) < 4.78 is 3.24. The van der Waals surface area contributed by atoms with Crippen molar-refractivity contribution in [1.29, 1.82) is 0 Å². The first-order valence-electron chi connectivity index (χ1n) is 8.27. The maximum absolute atomic E-state index is 12.6. The number of benzene rings is 1. The fourth-order valence-corrected chi connectivity index (χ4v) is 3.22. The van der Waals surface area contributed by atoms with Crippen LogP contribution in [0, 0.1) is 0 Å². The normalized spacial score (nSPS) is 11.1. The van der Waals surface area contributed by atoms with Gasteiger partial charge in [-0.05, 0) is 18.4 Å². The van der Waals surface area contributed by atoms with Gasteiger partial charge in [-0.15, -0.1) is 0 Å². The molecular formula is C18H16N6O2S. The molecular weight excluding hydrogens is 364 g/mol. The minimum absolute atomic E-state index is 0.223. The largest absolute Gasteiger partial charge is 0.329 e. The SMILES string of the molecule is CSc1ncc(-c2nccn2CCn2[nH]c(=O)c3ccccc3c2=O)cn1. The third kappa shape index (κ3) is 3.28. The quantitative estimate of drug-likeness (QED) is 0.418. The predicted molar refractivity (Wildman–Crippen MR) is 104 cm³/mol. The van der Waals surface area contributed by atoms with Gasteiger partial charge in [0.05, 0.1) is 22.9 Å². The lowest BCUT2D eigenvalue weighted by Crippen LogP contribution is -2.31. The topological polar surface area (TPSA) is 98.5 Å². The van der Waals surface area contributed by atoms with E-state index < -0.39 is 0 Å². The maximum atomic E-state index is 12.6. The van der Waals surface area contributed by atoms with Crippen LogP contribution in [0.1, 0.15) is 0 Å². The number of H-pyrrole nitrogens is 1. The van der Waals surface area contributed by atoms with Gasteiger partial charge in [0.25, 0.3) is 11.1 Å². The van der Waals surface area contributed by atoms with E-state index in [0.717, 1.165) is 5.56 Å². The molecule has 1 aromatic carbocycles. The van der Waals surface area contributed by atoms with E-state index >= 15 is 0 Å². The maximum Gasteiger partial charge on any atom is 0.273 e. The molecule has 0 bridgehead atoms. The molecule has 3 aromatic heterocycles. The van der Waals surface area contributed by atoms with Crippen LogP contribution in [0.25, 0.3) is 22.2 Å². The number of aromatic amines is 1. The highest BCUT2D eigenvalue weighted by Gasteiger charge is 2.10. The van der Waals surface area contributed by atoms with Crippen molar-refractivity contribution in [3.8, 4) is 11.4 Å². The van der Waals surface area contributed by atoms with Crippen molar-refractivity contribution in [2.45, 2.75) is 18.2 Å². The molecule has 136 valence electrons. The van der Waals surface area contributed by atoms with Crippen LogP contribution in [0.15, 0.2) is 63.8 Å². The lowest BCUT2D eigenvalue weighted by Gasteiger charge is -2.10. The van der Waals surface area contributed by atoms with Crippen molar-refractivity contribution < 1.29 is 0 Å². The lowest BCUT2D eigenvalue weighted by atomic mass is 10.2. The van der Waals surface area contributed by atoms with Gasteiger partial charge < -0.3 is 4.57 Å². The molecule has 4 rings (SSSR count). The Hall–Kier alpha value is -3.20.